The van der Waals surface area contributed by atoms with Crippen LogP contribution in [0, 0.1) is 0 Å². The molecule has 6 heteroatoms. The fraction of sp³-hybridized carbons (Fsp3) is 0.0833. The molecule has 0 N–H and O–H groups in total. The van der Waals surface area contributed by atoms with Crippen LogP contribution in [0.1, 0.15) is 24.4 Å². The fourth-order valence-corrected chi connectivity index (χ4v) is 3.52. The second kappa shape index (κ2) is 7.40. The predicted molar refractivity (Wildman–Crippen MR) is 114 cm³/mol. The molecule has 1 amide bonds. The smallest absolute Gasteiger partial charge is 0.259 e. The molecule has 2 aromatic heterocycles. The zero-order valence-corrected chi connectivity index (χ0v) is 16.3. The summed E-state index contributed by atoms with van der Waals surface area (Å²) in [7, 11) is 0. The van der Waals surface area contributed by atoms with Crippen LogP contribution in [0.15, 0.2) is 90.2 Å². The van der Waals surface area contributed by atoms with Gasteiger partial charge in [-0.05, 0) is 24.3 Å². The first-order chi connectivity index (χ1) is 14.7. The van der Waals surface area contributed by atoms with Crippen molar-refractivity contribution < 1.29 is 9.53 Å². The first-order valence-electron chi connectivity index (χ1n) is 9.62. The number of carbonyl (C=O) groups is 1. The minimum atomic E-state index is -0.699. The second-order valence-electron chi connectivity index (χ2n) is 6.93. The summed E-state index contributed by atoms with van der Waals surface area (Å²) in [5.41, 5.74) is 4.02. The Morgan fingerprint density at radius 2 is 1.70 bits per heavy atom. The number of para-hydroxylation sites is 1. The number of hydrogen-bond donors (Lipinski definition) is 0. The van der Waals surface area contributed by atoms with E-state index in [0.29, 0.717) is 11.6 Å². The van der Waals surface area contributed by atoms with Crippen LogP contribution in [-0.2, 0) is 9.53 Å². The standard InChI is InChI=1S/C24H18N4O2/c1-16(29)28-24(30-23(27-28)21-13-7-8-14-25-21)19-15-22(17-9-3-2-4-10-17)26-20-12-6-5-11-18(19)20/h2-15,24H,1H3/t24-/m0/s1. The molecule has 30 heavy (non-hydrogen) atoms. The molecule has 2 aromatic carbocycles. The highest BCUT2D eigenvalue weighted by Gasteiger charge is 2.35. The van der Waals surface area contributed by atoms with Gasteiger partial charge in [0.15, 0.2) is 0 Å². The molecule has 146 valence electrons. The highest BCUT2D eigenvalue weighted by atomic mass is 16.5. The number of hydrogen-bond acceptors (Lipinski definition) is 5. The van der Waals surface area contributed by atoms with E-state index in [1.165, 1.54) is 11.9 Å². The lowest BCUT2D eigenvalue weighted by Gasteiger charge is -2.21. The van der Waals surface area contributed by atoms with Crippen molar-refractivity contribution >= 4 is 22.7 Å². The van der Waals surface area contributed by atoms with Crippen molar-refractivity contribution in [1.82, 2.24) is 15.0 Å². The van der Waals surface area contributed by atoms with Crippen molar-refractivity contribution in [2.24, 2.45) is 5.10 Å². The molecular weight excluding hydrogens is 376 g/mol. The van der Waals surface area contributed by atoms with Crippen molar-refractivity contribution in [3.63, 3.8) is 0 Å². The number of benzene rings is 2. The normalized spacial score (nSPS) is 15.7. The van der Waals surface area contributed by atoms with Gasteiger partial charge < -0.3 is 4.74 Å². The predicted octanol–water partition coefficient (Wildman–Crippen LogP) is 4.54. The largest absolute Gasteiger partial charge is 0.445 e. The van der Waals surface area contributed by atoms with Gasteiger partial charge in [0.25, 0.3) is 5.90 Å². The van der Waals surface area contributed by atoms with E-state index in [-0.39, 0.29) is 5.91 Å². The Bertz CT molecular complexity index is 1260. The monoisotopic (exact) mass is 394 g/mol. The third-order valence-corrected chi connectivity index (χ3v) is 4.93. The quantitative estimate of drug-likeness (QED) is 0.512. The molecule has 0 radical (unpaired) electrons. The Morgan fingerprint density at radius 3 is 2.47 bits per heavy atom. The van der Waals surface area contributed by atoms with Gasteiger partial charge in [-0.1, -0.05) is 54.6 Å². The molecule has 5 rings (SSSR count). The molecule has 0 aliphatic carbocycles. The maximum absolute atomic E-state index is 12.4. The highest BCUT2D eigenvalue weighted by Crippen LogP contribution is 2.36. The van der Waals surface area contributed by atoms with Crippen LogP contribution >= 0.6 is 0 Å². The zero-order valence-electron chi connectivity index (χ0n) is 16.3. The van der Waals surface area contributed by atoms with Gasteiger partial charge in [0.2, 0.25) is 12.1 Å². The van der Waals surface area contributed by atoms with E-state index in [1.54, 1.807) is 12.3 Å². The number of carbonyl (C=O) groups excluding carboxylic acids is 1. The van der Waals surface area contributed by atoms with Crippen molar-refractivity contribution in [2.45, 2.75) is 13.2 Å². The molecule has 0 fully saturated rings. The van der Waals surface area contributed by atoms with E-state index in [2.05, 4.69) is 10.1 Å². The summed E-state index contributed by atoms with van der Waals surface area (Å²) in [5, 5.41) is 6.69. The van der Waals surface area contributed by atoms with Gasteiger partial charge in [-0.15, -0.1) is 5.10 Å². The van der Waals surface area contributed by atoms with E-state index in [1.807, 2.05) is 72.8 Å². The lowest BCUT2D eigenvalue weighted by molar-refractivity contribution is -0.135. The Balaban J connectivity index is 1.65. The van der Waals surface area contributed by atoms with Crippen LogP contribution in [0.5, 0.6) is 0 Å². The van der Waals surface area contributed by atoms with E-state index in [4.69, 9.17) is 9.72 Å². The Morgan fingerprint density at radius 1 is 0.933 bits per heavy atom. The van der Waals surface area contributed by atoms with E-state index in [0.717, 1.165) is 27.7 Å². The molecule has 1 aliphatic rings. The molecule has 0 bridgehead atoms. The minimum absolute atomic E-state index is 0.215. The summed E-state index contributed by atoms with van der Waals surface area (Å²) >= 11 is 0. The van der Waals surface area contributed by atoms with Crippen LogP contribution in [0.25, 0.3) is 22.2 Å². The van der Waals surface area contributed by atoms with Gasteiger partial charge in [0.1, 0.15) is 5.69 Å². The van der Waals surface area contributed by atoms with Crippen molar-refractivity contribution in [2.75, 3.05) is 0 Å². The Kier molecular flexibility index (Phi) is 4.44. The van der Waals surface area contributed by atoms with Gasteiger partial charge in [-0.2, -0.15) is 5.01 Å². The van der Waals surface area contributed by atoms with Gasteiger partial charge in [-0.25, -0.2) is 4.98 Å². The van der Waals surface area contributed by atoms with Crippen LogP contribution in [0.2, 0.25) is 0 Å². The third-order valence-electron chi connectivity index (χ3n) is 4.93. The molecule has 3 heterocycles. The van der Waals surface area contributed by atoms with Crippen LogP contribution in [0.3, 0.4) is 0 Å². The lowest BCUT2D eigenvalue weighted by Crippen LogP contribution is -2.25. The molecule has 1 atom stereocenters. The minimum Gasteiger partial charge on any atom is -0.445 e. The van der Waals surface area contributed by atoms with Gasteiger partial charge in [0, 0.05) is 29.6 Å². The average molecular weight is 394 g/mol. The SMILES string of the molecule is CC(=O)N1N=C(c2ccccn2)O[C@H]1c1cc(-c2ccccc2)nc2ccccc12. The molecule has 0 saturated carbocycles. The number of aromatic nitrogens is 2. The topological polar surface area (TPSA) is 67.7 Å². The van der Waals surface area contributed by atoms with Gasteiger partial charge in [0.05, 0.1) is 11.2 Å². The summed E-state index contributed by atoms with van der Waals surface area (Å²) < 4.78 is 6.17. The summed E-state index contributed by atoms with van der Waals surface area (Å²) in [6.45, 7) is 1.47. The lowest BCUT2D eigenvalue weighted by atomic mass is 10.0. The number of hydrazone groups is 1. The number of fused-ring (bicyclic) bond motifs is 1. The molecule has 0 saturated heterocycles. The van der Waals surface area contributed by atoms with E-state index >= 15 is 0 Å². The summed E-state index contributed by atoms with van der Waals surface area (Å²) in [5.74, 6) is 0.103. The van der Waals surface area contributed by atoms with Crippen LogP contribution in [-0.4, -0.2) is 26.8 Å². The zero-order chi connectivity index (χ0) is 20.5. The molecule has 0 unspecified atom stereocenters. The van der Waals surface area contributed by atoms with E-state index < -0.39 is 6.23 Å². The fourth-order valence-electron chi connectivity index (χ4n) is 3.52. The van der Waals surface area contributed by atoms with Gasteiger partial charge in [-0.3, -0.25) is 9.78 Å². The van der Waals surface area contributed by atoms with Gasteiger partial charge >= 0.3 is 0 Å². The summed E-state index contributed by atoms with van der Waals surface area (Å²) in [4.78, 5) is 21.5. The third kappa shape index (κ3) is 3.18. The number of pyridine rings is 2. The maximum atomic E-state index is 12.4. The Hall–Kier alpha value is -4.06. The second-order valence-corrected chi connectivity index (χ2v) is 6.93. The average Bonchev–Trinajstić information content (AvgIpc) is 3.25. The number of ether oxygens (including phenoxy) is 1. The summed E-state index contributed by atoms with van der Waals surface area (Å²) in [6.07, 6.45) is 0.969. The Labute approximate surface area is 173 Å². The molecule has 6 nitrogen and oxygen atoms in total. The van der Waals surface area contributed by atoms with Crippen molar-refractivity contribution in [1.29, 1.82) is 0 Å². The number of amides is 1. The van der Waals surface area contributed by atoms with Crippen molar-refractivity contribution in [3.05, 3.63) is 96.3 Å². The first-order valence-corrected chi connectivity index (χ1v) is 9.62. The molecular formula is C24H18N4O2. The molecule has 0 spiro atoms. The summed E-state index contributed by atoms with van der Waals surface area (Å²) in [6, 6.07) is 25.2. The number of rotatable bonds is 3. The molecule has 1 aliphatic heterocycles. The van der Waals surface area contributed by atoms with E-state index in [9.17, 15) is 4.79 Å². The first kappa shape index (κ1) is 18.0. The van der Waals surface area contributed by atoms with Crippen molar-refractivity contribution in [3.8, 4) is 11.3 Å². The maximum Gasteiger partial charge on any atom is 0.259 e. The van der Waals surface area contributed by atoms with Crippen LogP contribution < -0.4 is 0 Å². The number of nitrogens with zero attached hydrogens (tertiary/aromatic N) is 4. The molecule has 4 aromatic rings. The highest BCUT2D eigenvalue weighted by molar-refractivity contribution is 5.95. The van der Waals surface area contributed by atoms with Crippen LogP contribution in [0.4, 0.5) is 0 Å².